The summed E-state index contributed by atoms with van der Waals surface area (Å²) in [5.41, 5.74) is 5.79. The molecule has 5 nitrogen and oxygen atoms in total. The predicted molar refractivity (Wildman–Crippen MR) is 70.6 cm³/mol. The number of hydrogen-bond donors (Lipinski definition) is 3. The van der Waals surface area contributed by atoms with Gasteiger partial charge in [0.2, 0.25) is 5.91 Å². The Hall–Kier alpha value is -1.77. The monoisotopic (exact) mass is 353 g/mol. The van der Waals surface area contributed by atoms with Crippen molar-refractivity contribution in [2.75, 3.05) is 5.32 Å². The van der Waals surface area contributed by atoms with E-state index in [0.29, 0.717) is 4.47 Å². The van der Waals surface area contributed by atoms with E-state index in [0.717, 1.165) is 0 Å². The molecule has 0 spiro atoms. The zero-order chi connectivity index (χ0) is 15.3. The first kappa shape index (κ1) is 16.3. The van der Waals surface area contributed by atoms with Gasteiger partial charge in [-0.15, -0.1) is 0 Å². The summed E-state index contributed by atoms with van der Waals surface area (Å²) in [5.74, 6) is -1.07. The number of halogens is 4. The molecule has 0 saturated heterocycles. The van der Waals surface area contributed by atoms with Crippen LogP contribution >= 0.6 is 15.9 Å². The lowest BCUT2D eigenvalue weighted by Gasteiger charge is -2.11. The van der Waals surface area contributed by atoms with E-state index >= 15 is 0 Å². The molecule has 110 valence electrons. The second kappa shape index (κ2) is 6.60. The molecule has 0 heterocycles. The Morgan fingerprint density at radius 3 is 2.65 bits per heavy atom. The average molecular weight is 354 g/mol. The van der Waals surface area contributed by atoms with Crippen LogP contribution in [0.2, 0.25) is 0 Å². The lowest BCUT2D eigenvalue weighted by molar-refractivity contribution is -0.142. The third-order valence-electron chi connectivity index (χ3n) is 2.27. The van der Waals surface area contributed by atoms with Gasteiger partial charge in [0.25, 0.3) is 0 Å². The Morgan fingerprint density at radius 2 is 2.10 bits per heavy atom. The summed E-state index contributed by atoms with van der Waals surface area (Å²) in [5, 5.41) is 13.7. The van der Waals surface area contributed by atoms with Crippen LogP contribution in [-0.2, 0) is 4.79 Å². The van der Waals surface area contributed by atoms with E-state index in [9.17, 15) is 18.0 Å². The van der Waals surface area contributed by atoms with Gasteiger partial charge < -0.3 is 16.3 Å². The van der Waals surface area contributed by atoms with Crippen LogP contribution in [0.1, 0.15) is 18.4 Å². The van der Waals surface area contributed by atoms with Crippen LogP contribution in [0.5, 0.6) is 0 Å². The molecule has 1 aromatic rings. The van der Waals surface area contributed by atoms with E-state index in [2.05, 4.69) is 26.4 Å². The number of nitrogens with two attached hydrogens (primary N) is 1. The first-order valence-electron chi connectivity index (χ1n) is 5.37. The van der Waals surface area contributed by atoms with Gasteiger partial charge in [0, 0.05) is 16.5 Å². The van der Waals surface area contributed by atoms with Gasteiger partial charge in [-0.2, -0.15) is 13.2 Å². The van der Waals surface area contributed by atoms with Gasteiger partial charge in [-0.05, 0) is 18.2 Å². The first-order chi connectivity index (χ1) is 9.23. The van der Waals surface area contributed by atoms with Gasteiger partial charge >= 0.3 is 6.18 Å². The van der Waals surface area contributed by atoms with E-state index in [1.807, 2.05) is 0 Å². The second-order valence-corrected chi connectivity index (χ2v) is 4.75. The minimum absolute atomic E-state index is 0.163. The lowest BCUT2D eigenvalue weighted by Crippen LogP contribution is -2.20. The number of carbonyl (C=O) groups excluding carboxylic acids is 1. The zero-order valence-corrected chi connectivity index (χ0v) is 11.6. The molecule has 1 amide bonds. The topological polar surface area (TPSA) is 87.7 Å². The molecular formula is C11H11BrF3N3O2. The van der Waals surface area contributed by atoms with Crippen LogP contribution in [0.15, 0.2) is 27.8 Å². The summed E-state index contributed by atoms with van der Waals surface area (Å²) >= 11 is 3.16. The number of alkyl halides is 3. The number of anilines is 1. The molecule has 0 aliphatic rings. The van der Waals surface area contributed by atoms with Gasteiger partial charge in [0.1, 0.15) is 0 Å². The number of carbonyl (C=O) groups is 1. The molecule has 0 aliphatic heterocycles. The van der Waals surface area contributed by atoms with Gasteiger partial charge in [-0.3, -0.25) is 4.79 Å². The Kier molecular flexibility index (Phi) is 5.37. The third kappa shape index (κ3) is 5.08. The van der Waals surface area contributed by atoms with Crippen molar-refractivity contribution in [3.8, 4) is 0 Å². The van der Waals surface area contributed by atoms with E-state index in [1.54, 1.807) is 6.07 Å². The van der Waals surface area contributed by atoms with Crippen LogP contribution in [0, 0.1) is 0 Å². The Morgan fingerprint density at radius 1 is 1.45 bits per heavy atom. The SMILES string of the molecule is N/C(=N/O)c1cc(Br)ccc1NC(=O)CCC(F)(F)F. The van der Waals surface area contributed by atoms with Crippen molar-refractivity contribution < 1.29 is 23.2 Å². The van der Waals surface area contributed by atoms with E-state index in [1.165, 1.54) is 12.1 Å². The summed E-state index contributed by atoms with van der Waals surface area (Å²) in [6, 6.07) is 4.46. The lowest BCUT2D eigenvalue weighted by atomic mass is 10.1. The average Bonchev–Trinajstić information content (AvgIpc) is 2.37. The molecule has 0 atom stereocenters. The largest absolute Gasteiger partial charge is 0.409 e. The van der Waals surface area contributed by atoms with Crippen molar-refractivity contribution in [2.45, 2.75) is 19.0 Å². The molecule has 1 aromatic carbocycles. The third-order valence-corrected chi connectivity index (χ3v) is 2.77. The molecule has 9 heteroatoms. The van der Waals surface area contributed by atoms with Crippen LogP contribution < -0.4 is 11.1 Å². The Bertz CT molecular complexity index is 532. The maximum Gasteiger partial charge on any atom is 0.389 e. The first-order valence-corrected chi connectivity index (χ1v) is 6.16. The summed E-state index contributed by atoms with van der Waals surface area (Å²) in [6.07, 6.45) is -6.31. The number of nitrogens with one attached hydrogen (secondary N) is 1. The summed E-state index contributed by atoms with van der Waals surface area (Å²) in [4.78, 5) is 11.4. The second-order valence-electron chi connectivity index (χ2n) is 3.84. The molecule has 0 aliphatic carbocycles. The van der Waals surface area contributed by atoms with Gasteiger partial charge in [-0.1, -0.05) is 21.1 Å². The number of rotatable bonds is 4. The quantitative estimate of drug-likeness (QED) is 0.336. The Balaban J connectivity index is 2.85. The van der Waals surface area contributed by atoms with E-state index in [4.69, 9.17) is 10.9 Å². The highest BCUT2D eigenvalue weighted by atomic mass is 79.9. The number of amidine groups is 1. The van der Waals surface area contributed by atoms with Crippen molar-refractivity contribution in [1.29, 1.82) is 0 Å². The van der Waals surface area contributed by atoms with Crippen LogP contribution in [0.25, 0.3) is 0 Å². The minimum atomic E-state index is -4.40. The molecule has 0 bridgehead atoms. The highest BCUT2D eigenvalue weighted by molar-refractivity contribution is 9.10. The highest BCUT2D eigenvalue weighted by Crippen LogP contribution is 2.24. The van der Waals surface area contributed by atoms with Gasteiger partial charge in [0.05, 0.1) is 12.1 Å². The summed E-state index contributed by atoms with van der Waals surface area (Å²) in [7, 11) is 0. The zero-order valence-electron chi connectivity index (χ0n) is 10.0. The molecule has 1 rings (SSSR count). The summed E-state index contributed by atoms with van der Waals surface area (Å²) < 4.78 is 36.6. The standard InChI is InChI=1S/C11H11BrF3N3O2/c12-6-1-2-8(7(5-6)10(16)18-20)17-9(19)3-4-11(13,14)15/h1-2,5,20H,3-4H2,(H2,16,18)(H,17,19). The molecule has 0 aromatic heterocycles. The number of benzene rings is 1. The molecule has 0 unspecified atom stereocenters. The van der Waals surface area contributed by atoms with Crippen LogP contribution in [0.3, 0.4) is 0 Å². The number of oxime groups is 1. The molecule has 20 heavy (non-hydrogen) atoms. The van der Waals surface area contributed by atoms with Gasteiger partial charge in [0.15, 0.2) is 5.84 Å². The number of amides is 1. The normalized spacial score (nSPS) is 12.3. The number of hydrogen-bond acceptors (Lipinski definition) is 3. The van der Waals surface area contributed by atoms with Gasteiger partial charge in [-0.25, -0.2) is 0 Å². The molecule has 0 saturated carbocycles. The fraction of sp³-hybridized carbons (Fsp3) is 0.273. The fourth-order valence-electron chi connectivity index (χ4n) is 1.36. The fourth-order valence-corrected chi connectivity index (χ4v) is 1.72. The van der Waals surface area contributed by atoms with Crippen molar-refractivity contribution in [2.24, 2.45) is 10.9 Å². The highest BCUT2D eigenvalue weighted by Gasteiger charge is 2.28. The van der Waals surface area contributed by atoms with Crippen molar-refractivity contribution in [3.63, 3.8) is 0 Å². The van der Waals surface area contributed by atoms with E-state index in [-0.39, 0.29) is 17.1 Å². The predicted octanol–water partition coefficient (Wildman–Crippen LogP) is 2.82. The van der Waals surface area contributed by atoms with Crippen molar-refractivity contribution in [1.82, 2.24) is 0 Å². The molecule has 0 fully saturated rings. The molecular weight excluding hydrogens is 343 g/mol. The van der Waals surface area contributed by atoms with Crippen LogP contribution in [-0.4, -0.2) is 23.1 Å². The number of nitrogens with zero attached hydrogens (tertiary/aromatic N) is 1. The van der Waals surface area contributed by atoms with Crippen molar-refractivity contribution >= 4 is 33.4 Å². The Labute approximate surface area is 120 Å². The van der Waals surface area contributed by atoms with Crippen molar-refractivity contribution in [3.05, 3.63) is 28.2 Å². The van der Waals surface area contributed by atoms with Crippen LogP contribution in [0.4, 0.5) is 18.9 Å². The molecule has 4 N–H and O–H groups in total. The maximum atomic E-state index is 12.0. The van der Waals surface area contributed by atoms with E-state index < -0.39 is 24.9 Å². The summed E-state index contributed by atoms with van der Waals surface area (Å²) in [6.45, 7) is 0. The smallest absolute Gasteiger partial charge is 0.389 e. The molecule has 0 radical (unpaired) electrons. The minimum Gasteiger partial charge on any atom is -0.409 e. The maximum absolute atomic E-state index is 12.0.